The first-order valence-corrected chi connectivity index (χ1v) is 11.2. The largest absolute Gasteiger partial charge is 0.378 e. The molecule has 0 aliphatic carbocycles. The van der Waals surface area contributed by atoms with E-state index in [0.717, 1.165) is 59.3 Å². The van der Waals surface area contributed by atoms with Crippen molar-refractivity contribution in [2.45, 2.75) is 27.3 Å². The molecule has 32 heavy (non-hydrogen) atoms. The minimum Gasteiger partial charge on any atom is -0.378 e. The highest BCUT2D eigenvalue weighted by Crippen LogP contribution is 2.28. The maximum Gasteiger partial charge on any atom is 0.239 e. The third-order valence-electron chi connectivity index (χ3n) is 5.86. The van der Waals surface area contributed by atoms with Gasteiger partial charge in [-0.2, -0.15) is 9.97 Å². The number of hydrogen-bond donors (Lipinski definition) is 1. The zero-order valence-electron chi connectivity index (χ0n) is 19.2. The molecular weight excluding hydrogens is 404 g/mol. The van der Waals surface area contributed by atoms with Gasteiger partial charge in [0.1, 0.15) is 11.6 Å². The Hall–Kier alpha value is -3.04. The summed E-state index contributed by atoms with van der Waals surface area (Å²) in [5.74, 6) is 3.87. The fraction of sp³-hybridized carbons (Fsp3) is 0.478. The zero-order chi connectivity index (χ0) is 22.2. The summed E-state index contributed by atoms with van der Waals surface area (Å²) in [7, 11) is 2.03. The number of nitrogens with one attached hydrogen (secondary N) is 1. The van der Waals surface area contributed by atoms with Crippen molar-refractivity contribution in [2.75, 3.05) is 37.7 Å². The van der Waals surface area contributed by atoms with Crippen LogP contribution in [0.15, 0.2) is 24.3 Å². The molecule has 1 aliphatic rings. The lowest BCUT2D eigenvalue weighted by Crippen LogP contribution is -2.37. The van der Waals surface area contributed by atoms with Crippen LogP contribution in [0.4, 0.5) is 5.82 Å². The van der Waals surface area contributed by atoms with E-state index >= 15 is 0 Å². The normalized spacial score (nSPS) is 14.8. The third-order valence-corrected chi connectivity index (χ3v) is 5.86. The number of aryl methyl sites for hydroxylation is 2. The number of aromatic nitrogens is 6. The molecule has 9 heteroatoms. The molecule has 4 heterocycles. The number of imidazole rings is 2. The second kappa shape index (κ2) is 8.48. The van der Waals surface area contributed by atoms with Crippen LogP contribution in [0.1, 0.15) is 25.5 Å². The predicted molar refractivity (Wildman–Crippen MR) is 125 cm³/mol. The summed E-state index contributed by atoms with van der Waals surface area (Å²) in [6.45, 7) is 11.0. The molecule has 5 rings (SSSR count). The van der Waals surface area contributed by atoms with Crippen LogP contribution in [0.25, 0.3) is 28.1 Å². The van der Waals surface area contributed by atoms with Gasteiger partial charge in [-0.1, -0.05) is 26.0 Å². The highest BCUT2D eigenvalue weighted by atomic mass is 16.5. The predicted octanol–water partition coefficient (Wildman–Crippen LogP) is 2.59. The van der Waals surface area contributed by atoms with E-state index in [4.69, 9.17) is 24.7 Å². The number of ether oxygens (including phenoxy) is 1. The average Bonchev–Trinajstić information content (AvgIpc) is 3.29. The Morgan fingerprint density at radius 3 is 2.62 bits per heavy atom. The second-order valence-electron chi connectivity index (χ2n) is 8.71. The molecular formula is C23H30N8O. The molecule has 0 saturated carbocycles. The van der Waals surface area contributed by atoms with Crippen LogP contribution in [0.5, 0.6) is 0 Å². The van der Waals surface area contributed by atoms with E-state index in [2.05, 4.69) is 34.7 Å². The Labute approximate surface area is 187 Å². The third kappa shape index (κ3) is 3.71. The second-order valence-corrected chi connectivity index (χ2v) is 8.71. The summed E-state index contributed by atoms with van der Waals surface area (Å²) in [6, 6.07) is 8.09. The van der Waals surface area contributed by atoms with E-state index in [-0.39, 0.29) is 0 Å². The molecule has 0 radical (unpaired) electrons. The fourth-order valence-corrected chi connectivity index (χ4v) is 4.21. The molecule has 3 aromatic heterocycles. The van der Waals surface area contributed by atoms with Crippen molar-refractivity contribution in [3.05, 3.63) is 35.9 Å². The fourth-order valence-electron chi connectivity index (χ4n) is 4.21. The van der Waals surface area contributed by atoms with E-state index in [1.165, 1.54) is 0 Å². The van der Waals surface area contributed by atoms with Crippen molar-refractivity contribution in [1.29, 1.82) is 0 Å². The smallest absolute Gasteiger partial charge is 0.239 e. The summed E-state index contributed by atoms with van der Waals surface area (Å²) in [4.78, 5) is 21.9. The van der Waals surface area contributed by atoms with Crippen LogP contribution in [0.2, 0.25) is 0 Å². The van der Waals surface area contributed by atoms with Crippen LogP contribution < -0.4 is 10.2 Å². The minimum atomic E-state index is 0.581. The Balaban J connectivity index is 1.67. The minimum absolute atomic E-state index is 0.581. The number of benzene rings is 1. The Bertz CT molecular complexity index is 1250. The van der Waals surface area contributed by atoms with Crippen molar-refractivity contribution in [3.8, 4) is 5.95 Å². The van der Waals surface area contributed by atoms with Gasteiger partial charge in [0.25, 0.3) is 0 Å². The highest BCUT2D eigenvalue weighted by Gasteiger charge is 2.23. The monoisotopic (exact) mass is 434 g/mol. The molecule has 0 unspecified atom stereocenters. The van der Waals surface area contributed by atoms with Crippen molar-refractivity contribution in [1.82, 2.24) is 34.4 Å². The number of para-hydroxylation sites is 2. The van der Waals surface area contributed by atoms with Crippen LogP contribution in [-0.2, 0) is 18.3 Å². The van der Waals surface area contributed by atoms with E-state index in [9.17, 15) is 0 Å². The molecule has 0 spiro atoms. The number of rotatable bonds is 6. The van der Waals surface area contributed by atoms with Gasteiger partial charge in [-0.05, 0) is 31.5 Å². The number of nitrogens with zero attached hydrogens (tertiary/aromatic N) is 7. The van der Waals surface area contributed by atoms with Gasteiger partial charge in [-0.25, -0.2) is 9.97 Å². The van der Waals surface area contributed by atoms with E-state index < -0.39 is 0 Å². The summed E-state index contributed by atoms with van der Waals surface area (Å²) in [5, 5.41) is 3.50. The van der Waals surface area contributed by atoms with Crippen LogP contribution in [0, 0.1) is 12.8 Å². The molecule has 0 atom stereocenters. The van der Waals surface area contributed by atoms with E-state index in [0.29, 0.717) is 31.6 Å². The lowest BCUT2D eigenvalue weighted by molar-refractivity contribution is 0.122. The molecule has 0 amide bonds. The molecule has 0 bridgehead atoms. The summed E-state index contributed by atoms with van der Waals surface area (Å²) in [5.41, 5.74) is 3.60. The maximum absolute atomic E-state index is 5.58. The van der Waals surface area contributed by atoms with Crippen molar-refractivity contribution in [2.24, 2.45) is 13.0 Å². The molecule has 1 saturated heterocycles. The van der Waals surface area contributed by atoms with Gasteiger partial charge in [0.15, 0.2) is 17.0 Å². The molecule has 1 N–H and O–H groups in total. The summed E-state index contributed by atoms with van der Waals surface area (Å²) in [6.07, 6.45) is 0. The number of morpholine rings is 1. The Morgan fingerprint density at radius 2 is 1.84 bits per heavy atom. The van der Waals surface area contributed by atoms with Crippen molar-refractivity contribution < 1.29 is 4.74 Å². The van der Waals surface area contributed by atoms with Crippen LogP contribution in [-0.4, -0.2) is 61.9 Å². The van der Waals surface area contributed by atoms with Crippen LogP contribution >= 0.6 is 0 Å². The van der Waals surface area contributed by atoms with Gasteiger partial charge in [-0.3, -0.25) is 4.57 Å². The SMILES string of the molecule is Cc1nc2ccccc2n1-c1nc(N2CCOCC2)c2nc(CNCC(C)C)n(C)c2n1. The quantitative estimate of drug-likeness (QED) is 0.499. The van der Waals surface area contributed by atoms with Gasteiger partial charge in [0, 0.05) is 20.1 Å². The van der Waals surface area contributed by atoms with Gasteiger partial charge in [0.05, 0.1) is 30.8 Å². The lowest BCUT2D eigenvalue weighted by atomic mass is 10.2. The number of anilines is 1. The van der Waals surface area contributed by atoms with Crippen LogP contribution in [0.3, 0.4) is 0 Å². The van der Waals surface area contributed by atoms with Crippen molar-refractivity contribution in [3.63, 3.8) is 0 Å². The van der Waals surface area contributed by atoms with Gasteiger partial charge >= 0.3 is 0 Å². The maximum atomic E-state index is 5.58. The molecule has 4 aromatic rings. The molecule has 1 aliphatic heterocycles. The average molecular weight is 435 g/mol. The van der Waals surface area contributed by atoms with Gasteiger partial charge < -0.3 is 19.5 Å². The molecule has 1 fully saturated rings. The Morgan fingerprint density at radius 1 is 1.06 bits per heavy atom. The standard InChI is InChI=1S/C23H30N8O/c1-15(2)13-24-14-19-26-20-21(29(19)4)27-23(28-22(20)30-9-11-32-12-10-30)31-16(3)25-17-7-5-6-8-18(17)31/h5-8,15,24H,9-14H2,1-4H3. The molecule has 1 aromatic carbocycles. The van der Waals surface area contributed by atoms with E-state index in [1.54, 1.807) is 0 Å². The van der Waals surface area contributed by atoms with E-state index in [1.807, 2.05) is 36.7 Å². The highest BCUT2D eigenvalue weighted by molar-refractivity contribution is 5.86. The van der Waals surface area contributed by atoms with Crippen molar-refractivity contribution >= 4 is 28.0 Å². The topological polar surface area (TPSA) is 85.9 Å². The summed E-state index contributed by atoms with van der Waals surface area (Å²) < 4.78 is 9.69. The summed E-state index contributed by atoms with van der Waals surface area (Å²) >= 11 is 0. The lowest BCUT2D eigenvalue weighted by Gasteiger charge is -2.28. The Kier molecular flexibility index (Phi) is 5.52. The first-order valence-electron chi connectivity index (χ1n) is 11.2. The van der Waals surface area contributed by atoms with Gasteiger partial charge in [0.2, 0.25) is 5.95 Å². The van der Waals surface area contributed by atoms with Gasteiger partial charge in [-0.15, -0.1) is 0 Å². The first kappa shape index (κ1) is 20.8. The first-order chi connectivity index (χ1) is 15.5. The molecule has 168 valence electrons. The zero-order valence-corrected chi connectivity index (χ0v) is 19.2. The molecule has 9 nitrogen and oxygen atoms in total. The number of fused-ring (bicyclic) bond motifs is 2. The number of hydrogen-bond acceptors (Lipinski definition) is 7.